The molecule has 0 unspecified atom stereocenters. The van der Waals surface area contributed by atoms with E-state index in [-0.39, 0.29) is 17.9 Å². The molecule has 0 radical (unpaired) electrons. The number of likely N-dealkylation sites (tertiary alicyclic amines) is 2. The summed E-state index contributed by atoms with van der Waals surface area (Å²) in [6.45, 7) is 2.56. The molecule has 2 heterocycles. The fraction of sp³-hybridized carbons (Fsp3) is 0.474. The van der Waals surface area contributed by atoms with Gasteiger partial charge in [0.05, 0.1) is 0 Å². The molecular formula is C19H25N3O2. The van der Waals surface area contributed by atoms with Crippen molar-refractivity contribution in [2.24, 2.45) is 11.7 Å². The molecule has 0 bridgehead atoms. The van der Waals surface area contributed by atoms with E-state index in [2.05, 4.69) is 0 Å². The maximum Gasteiger partial charge on any atom is 0.246 e. The van der Waals surface area contributed by atoms with Crippen LogP contribution in [0.3, 0.4) is 0 Å². The zero-order valence-electron chi connectivity index (χ0n) is 13.9. The Balaban J connectivity index is 1.61. The average molecular weight is 327 g/mol. The first-order chi connectivity index (χ1) is 11.7. The van der Waals surface area contributed by atoms with Gasteiger partial charge < -0.3 is 15.5 Å². The zero-order valence-corrected chi connectivity index (χ0v) is 13.9. The summed E-state index contributed by atoms with van der Waals surface area (Å²) in [6, 6.07) is 10.1. The van der Waals surface area contributed by atoms with Crippen molar-refractivity contribution in [3.8, 4) is 0 Å². The van der Waals surface area contributed by atoms with Gasteiger partial charge in [-0.3, -0.25) is 9.59 Å². The molecule has 2 aliphatic rings. The molecule has 5 nitrogen and oxygen atoms in total. The van der Waals surface area contributed by atoms with Crippen LogP contribution >= 0.6 is 0 Å². The van der Waals surface area contributed by atoms with Gasteiger partial charge in [-0.05, 0) is 30.4 Å². The molecule has 5 heteroatoms. The molecule has 2 atom stereocenters. The highest BCUT2D eigenvalue weighted by atomic mass is 16.2. The van der Waals surface area contributed by atoms with E-state index in [9.17, 15) is 9.59 Å². The molecule has 2 amide bonds. The van der Waals surface area contributed by atoms with Crippen LogP contribution in [0.2, 0.25) is 0 Å². The molecular weight excluding hydrogens is 302 g/mol. The second-order valence-corrected chi connectivity index (χ2v) is 6.56. The monoisotopic (exact) mass is 327 g/mol. The third-order valence-electron chi connectivity index (χ3n) is 5.04. The summed E-state index contributed by atoms with van der Waals surface area (Å²) in [7, 11) is 0. The Morgan fingerprint density at radius 2 is 2.04 bits per heavy atom. The van der Waals surface area contributed by atoms with Gasteiger partial charge in [-0.15, -0.1) is 0 Å². The average Bonchev–Trinajstić information content (AvgIpc) is 2.62. The number of fused-ring (bicyclic) bond motifs is 1. The van der Waals surface area contributed by atoms with Gasteiger partial charge in [0.25, 0.3) is 0 Å². The number of rotatable bonds is 4. The second kappa shape index (κ2) is 7.62. The minimum atomic E-state index is 0.0552. The Morgan fingerprint density at radius 1 is 1.25 bits per heavy atom. The summed E-state index contributed by atoms with van der Waals surface area (Å²) in [5.41, 5.74) is 6.67. The topological polar surface area (TPSA) is 66.6 Å². The molecule has 24 heavy (non-hydrogen) atoms. The second-order valence-electron chi connectivity index (χ2n) is 6.56. The molecule has 3 rings (SSSR count). The smallest absolute Gasteiger partial charge is 0.246 e. The van der Waals surface area contributed by atoms with Gasteiger partial charge in [0, 0.05) is 44.7 Å². The minimum Gasteiger partial charge on any atom is -0.339 e. The van der Waals surface area contributed by atoms with Crippen LogP contribution in [0.1, 0.15) is 24.8 Å². The standard InChI is InChI=1S/C19H25N3O2/c20-11-13-22-17-10-12-21(14-16(17)7-9-19(22)24)18(23)8-6-15-4-2-1-3-5-15/h1-6,8,16-17H,7,9-14,20H2/b8-6+/t16-,17+/m0/s1. The van der Waals surface area contributed by atoms with E-state index in [4.69, 9.17) is 5.73 Å². The first-order valence-corrected chi connectivity index (χ1v) is 8.70. The van der Waals surface area contributed by atoms with E-state index >= 15 is 0 Å². The van der Waals surface area contributed by atoms with Crippen molar-refractivity contribution in [2.75, 3.05) is 26.2 Å². The predicted molar refractivity (Wildman–Crippen MR) is 94.0 cm³/mol. The molecule has 1 aromatic carbocycles. The van der Waals surface area contributed by atoms with E-state index < -0.39 is 0 Å². The van der Waals surface area contributed by atoms with Gasteiger partial charge in [-0.1, -0.05) is 30.3 Å². The lowest BCUT2D eigenvalue weighted by molar-refractivity contribution is -0.142. The van der Waals surface area contributed by atoms with Crippen LogP contribution in [0.25, 0.3) is 6.08 Å². The summed E-state index contributed by atoms with van der Waals surface area (Å²) in [5.74, 6) is 0.641. The van der Waals surface area contributed by atoms with Crippen LogP contribution < -0.4 is 5.73 Å². The van der Waals surface area contributed by atoms with Crippen molar-refractivity contribution >= 4 is 17.9 Å². The van der Waals surface area contributed by atoms with E-state index in [1.165, 1.54) is 0 Å². The summed E-state index contributed by atoms with van der Waals surface area (Å²) in [5, 5.41) is 0. The highest BCUT2D eigenvalue weighted by Crippen LogP contribution is 2.31. The van der Waals surface area contributed by atoms with Gasteiger partial charge in [-0.2, -0.15) is 0 Å². The Kier molecular flexibility index (Phi) is 5.30. The molecule has 2 saturated heterocycles. The largest absolute Gasteiger partial charge is 0.339 e. The number of benzene rings is 1. The van der Waals surface area contributed by atoms with E-state index in [1.807, 2.05) is 46.2 Å². The molecule has 2 fully saturated rings. The van der Waals surface area contributed by atoms with Crippen LogP contribution in [0.4, 0.5) is 0 Å². The number of hydrogen-bond acceptors (Lipinski definition) is 3. The van der Waals surface area contributed by atoms with E-state index in [1.54, 1.807) is 6.08 Å². The maximum absolute atomic E-state index is 12.5. The summed E-state index contributed by atoms with van der Waals surface area (Å²) < 4.78 is 0. The highest BCUT2D eigenvalue weighted by Gasteiger charge is 2.39. The lowest BCUT2D eigenvalue weighted by Gasteiger charge is -2.46. The van der Waals surface area contributed by atoms with E-state index in [0.717, 1.165) is 24.9 Å². The van der Waals surface area contributed by atoms with Crippen LogP contribution in [0, 0.1) is 5.92 Å². The van der Waals surface area contributed by atoms with Gasteiger partial charge in [0.1, 0.15) is 0 Å². The van der Waals surface area contributed by atoms with Crippen molar-refractivity contribution in [1.82, 2.24) is 9.80 Å². The first-order valence-electron chi connectivity index (χ1n) is 8.70. The third-order valence-corrected chi connectivity index (χ3v) is 5.04. The van der Waals surface area contributed by atoms with Crippen molar-refractivity contribution in [1.29, 1.82) is 0 Å². The molecule has 1 aromatic rings. The predicted octanol–water partition coefficient (Wildman–Crippen LogP) is 1.50. The SMILES string of the molecule is NCCN1C(=O)CC[C@H]2CN(C(=O)/C=C/c3ccccc3)CC[C@H]21. The number of nitrogens with two attached hydrogens (primary N) is 1. The van der Waals surface area contributed by atoms with Crippen molar-refractivity contribution < 1.29 is 9.59 Å². The number of nitrogens with zero attached hydrogens (tertiary/aromatic N) is 2. The van der Waals surface area contributed by atoms with Gasteiger partial charge in [0.2, 0.25) is 11.8 Å². The molecule has 2 aliphatic heterocycles. The van der Waals surface area contributed by atoms with E-state index in [0.29, 0.717) is 32.0 Å². The lowest BCUT2D eigenvalue weighted by Crippen LogP contribution is -2.57. The number of piperidine rings is 2. The Bertz CT molecular complexity index is 614. The Hall–Kier alpha value is -2.14. The first kappa shape index (κ1) is 16.7. The normalized spacial score (nSPS) is 24.3. The lowest BCUT2D eigenvalue weighted by atomic mass is 9.83. The van der Waals surface area contributed by atoms with Gasteiger partial charge in [0.15, 0.2) is 0 Å². The van der Waals surface area contributed by atoms with Crippen LogP contribution in [0.15, 0.2) is 36.4 Å². The molecule has 2 N–H and O–H groups in total. The third kappa shape index (κ3) is 3.67. The summed E-state index contributed by atoms with van der Waals surface area (Å²) >= 11 is 0. The molecule has 0 saturated carbocycles. The minimum absolute atomic E-state index is 0.0552. The van der Waals surface area contributed by atoms with Crippen LogP contribution in [-0.4, -0.2) is 53.8 Å². The Morgan fingerprint density at radius 3 is 2.79 bits per heavy atom. The number of hydrogen-bond donors (Lipinski definition) is 1. The highest BCUT2D eigenvalue weighted by molar-refractivity contribution is 5.92. The fourth-order valence-corrected chi connectivity index (χ4v) is 3.82. The number of amides is 2. The van der Waals surface area contributed by atoms with Gasteiger partial charge >= 0.3 is 0 Å². The van der Waals surface area contributed by atoms with Crippen molar-refractivity contribution in [2.45, 2.75) is 25.3 Å². The number of carbonyl (C=O) groups is 2. The van der Waals surface area contributed by atoms with Gasteiger partial charge in [-0.25, -0.2) is 0 Å². The van der Waals surface area contributed by atoms with Crippen molar-refractivity contribution in [3.05, 3.63) is 42.0 Å². The van der Waals surface area contributed by atoms with Crippen LogP contribution in [0.5, 0.6) is 0 Å². The molecule has 0 aliphatic carbocycles. The fourth-order valence-electron chi connectivity index (χ4n) is 3.82. The Labute approximate surface area is 143 Å². The number of carbonyl (C=O) groups excluding carboxylic acids is 2. The maximum atomic E-state index is 12.5. The van der Waals surface area contributed by atoms with Crippen LogP contribution in [-0.2, 0) is 9.59 Å². The quantitative estimate of drug-likeness (QED) is 0.852. The van der Waals surface area contributed by atoms with Crippen molar-refractivity contribution in [3.63, 3.8) is 0 Å². The summed E-state index contributed by atoms with van der Waals surface area (Å²) in [4.78, 5) is 28.4. The molecule has 0 aromatic heterocycles. The summed E-state index contributed by atoms with van der Waals surface area (Å²) in [6.07, 6.45) is 5.81. The molecule has 128 valence electrons. The zero-order chi connectivity index (χ0) is 16.9. The molecule has 0 spiro atoms.